The Bertz CT molecular complexity index is 818. The Morgan fingerprint density at radius 2 is 1.73 bits per heavy atom. The monoisotopic (exact) mass is 308 g/mol. The molecule has 1 heterocycles. The summed E-state index contributed by atoms with van der Waals surface area (Å²) in [5.74, 6) is 0. The van der Waals surface area contributed by atoms with Gasteiger partial charge < -0.3 is 5.32 Å². The van der Waals surface area contributed by atoms with Gasteiger partial charge in [-0.1, -0.05) is 24.3 Å². The minimum Gasteiger partial charge on any atom is -0.332 e. The fourth-order valence-corrected chi connectivity index (χ4v) is 3.31. The lowest BCUT2D eigenvalue weighted by Crippen LogP contribution is -1.90. The van der Waals surface area contributed by atoms with Crippen LogP contribution in [0, 0.1) is 27.7 Å². The number of hydrogen-bond donors (Lipinski definition) is 1. The molecule has 0 fully saturated rings. The highest BCUT2D eigenvalue weighted by molar-refractivity contribution is 7.16. The van der Waals surface area contributed by atoms with Gasteiger partial charge in [0.25, 0.3) is 0 Å². The molecule has 3 rings (SSSR count). The van der Waals surface area contributed by atoms with E-state index >= 15 is 0 Å². The molecule has 1 aromatic heterocycles. The molecule has 0 amide bonds. The van der Waals surface area contributed by atoms with Gasteiger partial charge in [-0.05, 0) is 62.6 Å². The van der Waals surface area contributed by atoms with E-state index in [-0.39, 0.29) is 0 Å². The van der Waals surface area contributed by atoms with Crippen molar-refractivity contribution in [2.24, 2.45) is 0 Å². The third-order valence-electron chi connectivity index (χ3n) is 3.85. The molecule has 0 bridgehead atoms. The van der Waals surface area contributed by atoms with Crippen molar-refractivity contribution < 1.29 is 0 Å². The standard InChI is InChI=1S/C19H20N2S/c1-12-6-5-7-17(10-12)20-19-21-18(15(4)22-19)16-9-8-13(2)14(3)11-16/h5-11H,1-4H3,(H,20,21). The van der Waals surface area contributed by atoms with Crippen molar-refractivity contribution in [1.29, 1.82) is 0 Å². The van der Waals surface area contributed by atoms with Gasteiger partial charge in [0, 0.05) is 16.1 Å². The molecule has 1 N–H and O–H groups in total. The molecule has 0 unspecified atom stereocenters. The number of rotatable bonds is 3. The van der Waals surface area contributed by atoms with Gasteiger partial charge in [0.05, 0.1) is 5.69 Å². The molecule has 22 heavy (non-hydrogen) atoms. The van der Waals surface area contributed by atoms with E-state index in [1.165, 1.54) is 27.1 Å². The van der Waals surface area contributed by atoms with Crippen LogP contribution in [0.1, 0.15) is 21.6 Å². The Kier molecular flexibility index (Phi) is 3.99. The van der Waals surface area contributed by atoms with E-state index in [9.17, 15) is 0 Å². The molecule has 3 heteroatoms. The van der Waals surface area contributed by atoms with Gasteiger partial charge in [0.1, 0.15) is 0 Å². The van der Waals surface area contributed by atoms with Crippen LogP contribution in [0.5, 0.6) is 0 Å². The normalized spacial score (nSPS) is 10.7. The Balaban J connectivity index is 1.92. The van der Waals surface area contributed by atoms with Crippen LogP contribution in [-0.4, -0.2) is 4.98 Å². The second-order valence-corrected chi connectivity index (χ2v) is 6.92. The fourth-order valence-electron chi connectivity index (χ4n) is 2.45. The van der Waals surface area contributed by atoms with Crippen molar-refractivity contribution >= 4 is 22.2 Å². The predicted octanol–water partition coefficient (Wildman–Crippen LogP) is 5.79. The molecule has 0 spiro atoms. The lowest BCUT2D eigenvalue weighted by atomic mass is 10.0. The maximum atomic E-state index is 4.78. The summed E-state index contributed by atoms with van der Waals surface area (Å²) in [5, 5.41) is 4.35. The van der Waals surface area contributed by atoms with E-state index in [0.29, 0.717) is 0 Å². The number of aromatic nitrogens is 1. The largest absolute Gasteiger partial charge is 0.332 e. The van der Waals surface area contributed by atoms with E-state index in [2.05, 4.69) is 75.5 Å². The van der Waals surface area contributed by atoms with Gasteiger partial charge in [-0.25, -0.2) is 4.98 Å². The number of aryl methyl sites for hydroxylation is 4. The Morgan fingerprint density at radius 1 is 0.909 bits per heavy atom. The summed E-state index contributed by atoms with van der Waals surface area (Å²) in [7, 11) is 0. The number of benzene rings is 2. The maximum Gasteiger partial charge on any atom is 0.187 e. The SMILES string of the molecule is Cc1cccc(Nc2nc(-c3ccc(C)c(C)c3)c(C)s2)c1. The number of thiazole rings is 1. The first kappa shape index (κ1) is 14.8. The van der Waals surface area contributed by atoms with Crippen LogP contribution in [0.4, 0.5) is 10.8 Å². The van der Waals surface area contributed by atoms with Crippen molar-refractivity contribution in [3.8, 4) is 11.3 Å². The zero-order chi connectivity index (χ0) is 15.7. The van der Waals surface area contributed by atoms with Crippen molar-refractivity contribution in [2.75, 3.05) is 5.32 Å². The van der Waals surface area contributed by atoms with Crippen LogP contribution < -0.4 is 5.32 Å². The van der Waals surface area contributed by atoms with Gasteiger partial charge in [0.15, 0.2) is 5.13 Å². The summed E-state index contributed by atoms with van der Waals surface area (Å²) in [6, 6.07) is 14.9. The van der Waals surface area contributed by atoms with E-state index in [1.54, 1.807) is 11.3 Å². The van der Waals surface area contributed by atoms with Crippen LogP contribution in [0.2, 0.25) is 0 Å². The minimum atomic E-state index is 0.941. The molecule has 112 valence electrons. The van der Waals surface area contributed by atoms with Gasteiger partial charge in [-0.15, -0.1) is 11.3 Å². The summed E-state index contributed by atoms with van der Waals surface area (Å²) in [6.45, 7) is 8.51. The van der Waals surface area contributed by atoms with Gasteiger partial charge in [-0.3, -0.25) is 0 Å². The van der Waals surface area contributed by atoms with Crippen LogP contribution in [0.3, 0.4) is 0 Å². The van der Waals surface area contributed by atoms with Crippen molar-refractivity contribution in [1.82, 2.24) is 4.98 Å². The van der Waals surface area contributed by atoms with Crippen LogP contribution in [0.15, 0.2) is 42.5 Å². The molecule has 0 aliphatic carbocycles. The molecule has 0 radical (unpaired) electrons. The molecule has 0 saturated carbocycles. The zero-order valence-electron chi connectivity index (χ0n) is 13.4. The van der Waals surface area contributed by atoms with Gasteiger partial charge in [-0.2, -0.15) is 0 Å². The Morgan fingerprint density at radius 3 is 2.45 bits per heavy atom. The van der Waals surface area contributed by atoms with Crippen LogP contribution >= 0.6 is 11.3 Å². The molecule has 0 aliphatic heterocycles. The lowest BCUT2D eigenvalue weighted by molar-refractivity contribution is 1.31. The third-order valence-corrected chi connectivity index (χ3v) is 4.73. The van der Waals surface area contributed by atoms with Crippen molar-refractivity contribution in [3.05, 3.63) is 64.0 Å². The molecular weight excluding hydrogens is 288 g/mol. The van der Waals surface area contributed by atoms with E-state index in [4.69, 9.17) is 4.98 Å². The highest BCUT2D eigenvalue weighted by atomic mass is 32.1. The first-order chi connectivity index (χ1) is 10.5. The number of anilines is 2. The minimum absolute atomic E-state index is 0.941. The first-order valence-corrected chi connectivity index (χ1v) is 8.23. The van der Waals surface area contributed by atoms with Gasteiger partial charge >= 0.3 is 0 Å². The molecule has 0 saturated heterocycles. The molecule has 3 aromatic rings. The number of nitrogens with one attached hydrogen (secondary N) is 1. The van der Waals surface area contributed by atoms with Crippen molar-refractivity contribution in [3.63, 3.8) is 0 Å². The second-order valence-electron chi connectivity index (χ2n) is 5.72. The summed E-state index contributed by atoms with van der Waals surface area (Å²) in [6.07, 6.45) is 0. The molecule has 2 aromatic carbocycles. The lowest BCUT2D eigenvalue weighted by Gasteiger charge is -2.04. The topological polar surface area (TPSA) is 24.9 Å². The summed E-state index contributed by atoms with van der Waals surface area (Å²) in [4.78, 5) is 6.02. The maximum absolute atomic E-state index is 4.78. The predicted molar refractivity (Wildman–Crippen MR) is 96.2 cm³/mol. The Hall–Kier alpha value is -2.13. The van der Waals surface area contributed by atoms with E-state index in [1.807, 2.05) is 0 Å². The molecule has 2 nitrogen and oxygen atoms in total. The fraction of sp³-hybridized carbons (Fsp3) is 0.211. The average molecular weight is 308 g/mol. The van der Waals surface area contributed by atoms with Crippen molar-refractivity contribution in [2.45, 2.75) is 27.7 Å². The highest BCUT2D eigenvalue weighted by Crippen LogP contribution is 2.32. The second kappa shape index (κ2) is 5.93. The molecule has 0 atom stereocenters. The highest BCUT2D eigenvalue weighted by Gasteiger charge is 2.10. The zero-order valence-corrected chi connectivity index (χ0v) is 14.2. The number of hydrogen-bond acceptors (Lipinski definition) is 3. The summed E-state index contributed by atoms with van der Waals surface area (Å²) < 4.78 is 0. The smallest absolute Gasteiger partial charge is 0.187 e. The van der Waals surface area contributed by atoms with E-state index < -0.39 is 0 Å². The quantitative estimate of drug-likeness (QED) is 0.662. The van der Waals surface area contributed by atoms with Crippen LogP contribution in [-0.2, 0) is 0 Å². The molecular formula is C19H20N2S. The first-order valence-electron chi connectivity index (χ1n) is 7.41. The molecule has 0 aliphatic rings. The van der Waals surface area contributed by atoms with E-state index in [0.717, 1.165) is 16.5 Å². The Labute approximate surface area is 135 Å². The van der Waals surface area contributed by atoms with Gasteiger partial charge in [0.2, 0.25) is 0 Å². The summed E-state index contributed by atoms with van der Waals surface area (Å²) >= 11 is 1.70. The third kappa shape index (κ3) is 3.04. The average Bonchev–Trinajstić information content (AvgIpc) is 2.82. The summed E-state index contributed by atoms with van der Waals surface area (Å²) in [5.41, 5.74) is 7.21. The number of nitrogens with zero attached hydrogens (tertiary/aromatic N) is 1. The van der Waals surface area contributed by atoms with Crippen LogP contribution in [0.25, 0.3) is 11.3 Å².